The number of hydrogen-bond acceptors (Lipinski definition) is 9. The molecule has 1 aliphatic heterocycles. The Labute approximate surface area is 215 Å². The van der Waals surface area contributed by atoms with Crippen LogP contribution >= 0.6 is 11.9 Å². The van der Waals surface area contributed by atoms with Crippen molar-refractivity contribution in [2.45, 2.75) is 23.8 Å². The summed E-state index contributed by atoms with van der Waals surface area (Å²) in [7, 11) is 0. The minimum absolute atomic E-state index is 0.0638. The Balaban J connectivity index is 1.31. The van der Waals surface area contributed by atoms with E-state index in [0.717, 1.165) is 44.1 Å². The second-order valence-electron chi connectivity index (χ2n) is 8.17. The highest BCUT2D eigenvalue weighted by Gasteiger charge is 2.18. The van der Waals surface area contributed by atoms with E-state index in [1.807, 2.05) is 0 Å². The van der Waals surface area contributed by atoms with Crippen LogP contribution in [0.4, 0.5) is 24.8 Å². The van der Waals surface area contributed by atoms with Crippen molar-refractivity contribution in [1.82, 2.24) is 25.3 Å². The molecule has 2 aromatic carbocycles. The van der Waals surface area contributed by atoms with Crippen LogP contribution in [0.5, 0.6) is 11.6 Å². The van der Waals surface area contributed by atoms with Crippen molar-refractivity contribution in [3.63, 3.8) is 0 Å². The van der Waals surface area contributed by atoms with Crippen molar-refractivity contribution in [2.75, 3.05) is 23.1 Å². The average Bonchev–Trinajstić information content (AvgIpc) is 2.91. The summed E-state index contributed by atoms with van der Waals surface area (Å²) in [6, 6.07) is 9.51. The van der Waals surface area contributed by atoms with E-state index in [9.17, 15) is 13.2 Å². The highest BCUT2D eigenvalue weighted by atomic mass is 32.2. The number of aromatic nitrogens is 4. The van der Waals surface area contributed by atoms with E-state index in [1.165, 1.54) is 30.6 Å². The average molecular weight is 526 g/mol. The first-order valence-electron chi connectivity index (χ1n) is 11.5. The summed E-state index contributed by atoms with van der Waals surface area (Å²) in [5.41, 5.74) is 1.08. The minimum Gasteiger partial charge on any atom is -0.434 e. The number of nitrogens with one attached hydrogen (secondary N) is 3. The van der Waals surface area contributed by atoms with Gasteiger partial charge in [-0.25, -0.2) is 33.1 Å². The first kappa shape index (κ1) is 24.8. The fourth-order valence-electron chi connectivity index (χ4n) is 3.73. The first-order valence-corrected chi connectivity index (χ1v) is 12.3. The molecule has 12 heteroatoms. The Morgan fingerprint density at radius 3 is 2.57 bits per heavy atom. The van der Waals surface area contributed by atoms with Gasteiger partial charge in [-0.2, -0.15) is 0 Å². The molecule has 1 unspecified atom stereocenters. The number of ether oxygens (including phenoxy) is 1. The Bertz CT molecular complexity index is 1370. The van der Waals surface area contributed by atoms with Crippen LogP contribution in [0.15, 0.2) is 66.0 Å². The lowest BCUT2D eigenvalue weighted by Crippen LogP contribution is -2.38. The highest BCUT2D eigenvalue weighted by Crippen LogP contribution is 2.33. The molecule has 1 aliphatic rings. The van der Waals surface area contributed by atoms with E-state index >= 15 is 0 Å². The summed E-state index contributed by atoms with van der Waals surface area (Å²) in [6.07, 6.45) is 6.61. The number of rotatable bonds is 8. The number of hydrogen-bond donors (Lipinski definition) is 3. The van der Waals surface area contributed by atoms with Gasteiger partial charge in [0.05, 0.1) is 10.6 Å². The number of piperidine rings is 1. The second kappa shape index (κ2) is 11.4. The molecule has 1 atom stereocenters. The van der Waals surface area contributed by atoms with Crippen LogP contribution in [-0.2, 0) is 0 Å². The van der Waals surface area contributed by atoms with Crippen molar-refractivity contribution in [2.24, 2.45) is 0 Å². The Kier molecular flexibility index (Phi) is 7.66. The van der Waals surface area contributed by atoms with Crippen LogP contribution in [-0.4, -0.2) is 39.1 Å². The number of benzene rings is 2. The minimum atomic E-state index is -0.716. The zero-order valence-corrected chi connectivity index (χ0v) is 20.2. The fraction of sp³-hybridized carbons (Fsp3) is 0.200. The lowest BCUT2D eigenvalue weighted by atomic mass is 10.1. The quantitative estimate of drug-likeness (QED) is 0.260. The van der Waals surface area contributed by atoms with Gasteiger partial charge in [0.2, 0.25) is 11.8 Å². The Morgan fingerprint density at radius 2 is 1.78 bits per heavy atom. The molecule has 2 aromatic heterocycles. The Hall–Kier alpha value is -3.90. The van der Waals surface area contributed by atoms with Gasteiger partial charge in [0.25, 0.3) is 0 Å². The zero-order chi connectivity index (χ0) is 25.6. The monoisotopic (exact) mass is 525 g/mol. The SMILES string of the molecule is Fc1cc(NSc2c(F)cccc2F)ccc1Oc1nccnc1-c1ccnc(NC2CCCNC2)n1. The molecule has 0 radical (unpaired) electrons. The predicted octanol–water partition coefficient (Wildman–Crippen LogP) is 5.43. The van der Waals surface area contributed by atoms with Crippen LogP contribution in [0.2, 0.25) is 0 Å². The van der Waals surface area contributed by atoms with Crippen LogP contribution in [0.1, 0.15) is 12.8 Å². The van der Waals surface area contributed by atoms with Crippen molar-refractivity contribution >= 4 is 23.6 Å². The smallest absolute Gasteiger partial charge is 0.247 e. The van der Waals surface area contributed by atoms with Gasteiger partial charge in [-0.05, 0) is 61.7 Å². The summed E-state index contributed by atoms with van der Waals surface area (Å²) in [4.78, 5) is 17.2. The first-order chi connectivity index (χ1) is 18.1. The molecule has 37 heavy (non-hydrogen) atoms. The molecular formula is C25H22F3N7OS. The maximum atomic E-state index is 14.9. The summed E-state index contributed by atoms with van der Waals surface area (Å²) in [5, 5.41) is 6.65. The number of anilines is 2. The summed E-state index contributed by atoms with van der Waals surface area (Å²) >= 11 is 0.705. The van der Waals surface area contributed by atoms with Gasteiger partial charge in [0, 0.05) is 42.9 Å². The lowest BCUT2D eigenvalue weighted by molar-refractivity contribution is 0.427. The molecule has 4 aromatic rings. The van der Waals surface area contributed by atoms with E-state index in [0.29, 0.717) is 35.0 Å². The van der Waals surface area contributed by atoms with Crippen molar-refractivity contribution < 1.29 is 17.9 Å². The molecule has 190 valence electrons. The summed E-state index contributed by atoms with van der Waals surface area (Å²) in [5.74, 6) is -1.72. The molecule has 8 nitrogen and oxygen atoms in total. The molecule has 1 saturated heterocycles. The largest absolute Gasteiger partial charge is 0.434 e. The third-order valence-electron chi connectivity index (χ3n) is 5.52. The molecule has 1 fully saturated rings. The van der Waals surface area contributed by atoms with Gasteiger partial charge in [0.15, 0.2) is 17.3 Å². The van der Waals surface area contributed by atoms with E-state index in [2.05, 4.69) is 35.3 Å². The molecule has 0 bridgehead atoms. The van der Waals surface area contributed by atoms with Gasteiger partial charge < -0.3 is 20.1 Å². The third kappa shape index (κ3) is 6.09. The molecule has 0 saturated carbocycles. The zero-order valence-electron chi connectivity index (χ0n) is 19.4. The molecule has 3 heterocycles. The summed E-state index contributed by atoms with van der Waals surface area (Å²) in [6.45, 7) is 1.82. The van der Waals surface area contributed by atoms with Gasteiger partial charge in [0.1, 0.15) is 11.6 Å². The molecule has 0 aliphatic carbocycles. The van der Waals surface area contributed by atoms with Crippen LogP contribution < -0.4 is 20.1 Å². The highest BCUT2D eigenvalue weighted by molar-refractivity contribution is 8.00. The summed E-state index contributed by atoms with van der Waals surface area (Å²) < 4.78 is 51.0. The molecule has 3 N–H and O–H groups in total. The van der Waals surface area contributed by atoms with Crippen LogP contribution in [0.3, 0.4) is 0 Å². The van der Waals surface area contributed by atoms with Gasteiger partial charge in [-0.1, -0.05) is 6.07 Å². The second-order valence-corrected chi connectivity index (χ2v) is 8.98. The van der Waals surface area contributed by atoms with Crippen LogP contribution in [0.25, 0.3) is 11.4 Å². The van der Waals surface area contributed by atoms with E-state index in [4.69, 9.17) is 4.74 Å². The molecule has 0 amide bonds. The van der Waals surface area contributed by atoms with Crippen molar-refractivity contribution in [1.29, 1.82) is 0 Å². The van der Waals surface area contributed by atoms with Crippen LogP contribution in [0, 0.1) is 17.5 Å². The van der Waals surface area contributed by atoms with Gasteiger partial charge in [-0.3, -0.25) is 0 Å². The van der Waals surface area contributed by atoms with Gasteiger partial charge >= 0.3 is 0 Å². The maximum absolute atomic E-state index is 14.9. The van der Waals surface area contributed by atoms with E-state index < -0.39 is 17.5 Å². The third-order valence-corrected chi connectivity index (χ3v) is 6.45. The lowest BCUT2D eigenvalue weighted by Gasteiger charge is -2.23. The predicted molar refractivity (Wildman–Crippen MR) is 135 cm³/mol. The number of halogens is 3. The molecule has 0 spiro atoms. The fourth-order valence-corrected chi connectivity index (χ4v) is 4.41. The van der Waals surface area contributed by atoms with Gasteiger partial charge in [-0.15, -0.1) is 0 Å². The maximum Gasteiger partial charge on any atom is 0.247 e. The van der Waals surface area contributed by atoms with Crippen molar-refractivity contribution in [3.8, 4) is 23.0 Å². The number of nitrogens with zero attached hydrogens (tertiary/aromatic N) is 4. The molecule has 5 rings (SSSR count). The van der Waals surface area contributed by atoms with Crippen molar-refractivity contribution in [3.05, 3.63) is 78.5 Å². The van der Waals surface area contributed by atoms with E-state index in [1.54, 1.807) is 12.3 Å². The Morgan fingerprint density at radius 1 is 0.946 bits per heavy atom. The standard InChI is InChI=1S/C25H22F3N7OS/c26-17-4-1-5-18(27)23(17)37-35-15-6-7-21(19(28)13-15)36-24-22(30-11-12-31-24)20-8-10-32-25(34-20)33-16-3-2-9-29-14-16/h1,4-8,10-13,16,29,35H,2-3,9,14H2,(H,32,33,34). The molecular weight excluding hydrogens is 503 g/mol. The van der Waals surface area contributed by atoms with E-state index in [-0.39, 0.29) is 22.6 Å². The topological polar surface area (TPSA) is 96.9 Å². The normalized spacial score (nSPS) is 15.3.